The number of rotatable bonds is 1. The van der Waals surface area contributed by atoms with Crippen LogP contribution in [0.3, 0.4) is 0 Å². The van der Waals surface area contributed by atoms with E-state index in [4.69, 9.17) is 0 Å². The Labute approximate surface area is 71.4 Å². The van der Waals surface area contributed by atoms with Crippen LogP contribution in [0.25, 0.3) is 0 Å². The normalized spacial score (nSPS) is 10.7. The minimum atomic E-state index is -0.325. The summed E-state index contributed by atoms with van der Waals surface area (Å²) in [6.07, 6.45) is 1.27. The molecule has 0 aliphatic rings. The van der Waals surface area contributed by atoms with E-state index in [9.17, 15) is 5.11 Å². The van der Waals surface area contributed by atoms with Gasteiger partial charge in [0.1, 0.15) is 6.20 Å². The number of hydrogen-bond donors (Lipinski definition) is 0. The summed E-state index contributed by atoms with van der Waals surface area (Å²) in [5.41, 5.74) is 0. The van der Waals surface area contributed by atoms with Gasteiger partial charge in [-0.2, -0.15) is 0 Å². The molecule has 1 aromatic heterocycles. The molecule has 0 saturated heterocycles. The summed E-state index contributed by atoms with van der Waals surface area (Å²) in [5, 5.41) is 16.6. The molecule has 0 N–H and O–H groups in total. The van der Waals surface area contributed by atoms with Crippen molar-refractivity contribution in [2.24, 2.45) is 4.99 Å². The average molecular weight is 310 g/mol. The van der Waals surface area contributed by atoms with Gasteiger partial charge in [-0.3, -0.25) is 0 Å². The second kappa shape index (κ2) is 4.17. The maximum atomic E-state index is 10.2. The van der Waals surface area contributed by atoms with E-state index in [0.717, 1.165) is 0 Å². The third-order valence-corrected chi connectivity index (χ3v) is 0.617. The molecule has 0 amide bonds. The molecular weight excluding hydrogens is 306 g/mol. The fourth-order valence-corrected chi connectivity index (χ4v) is 0.366. The first kappa shape index (κ1) is 9.30. The maximum Gasteiger partial charge on any atom is 0.270 e. The van der Waals surface area contributed by atoms with Gasteiger partial charge in [-0.1, -0.05) is 0 Å². The monoisotopic (exact) mass is 310 g/mol. The van der Waals surface area contributed by atoms with Gasteiger partial charge in [0.15, 0.2) is 0 Å². The molecule has 1 heterocycles. The third kappa shape index (κ3) is 2.73. The smallest absolute Gasteiger partial charge is 0.270 e. The van der Waals surface area contributed by atoms with Crippen molar-refractivity contribution >= 4 is 11.8 Å². The summed E-state index contributed by atoms with van der Waals surface area (Å²) < 4.78 is 4.40. The molecule has 0 aliphatic heterocycles. The number of hydrogen-bond acceptors (Lipinski definition) is 5. The molecule has 0 bridgehead atoms. The van der Waals surface area contributed by atoms with E-state index in [1.807, 2.05) is 0 Å². The summed E-state index contributed by atoms with van der Waals surface area (Å²) in [6.45, 7) is 1.32. The van der Waals surface area contributed by atoms with Crippen molar-refractivity contribution in [1.29, 1.82) is 0 Å². The van der Waals surface area contributed by atoms with Crippen molar-refractivity contribution < 1.29 is 30.7 Å². The SMILES string of the molecule is C/C([O-])=N/c1cnno1.[W]. The van der Waals surface area contributed by atoms with Gasteiger partial charge in [-0.05, 0) is 12.8 Å². The zero-order valence-electron chi connectivity index (χ0n) is 5.14. The molecule has 1 aromatic rings. The van der Waals surface area contributed by atoms with E-state index in [-0.39, 0.29) is 32.8 Å². The molecule has 0 unspecified atom stereocenters. The van der Waals surface area contributed by atoms with E-state index in [0.29, 0.717) is 0 Å². The second-order valence-electron chi connectivity index (χ2n) is 1.39. The number of nitrogens with zero attached hydrogens (tertiary/aromatic N) is 3. The molecule has 0 fully saturated rings. The largest absolute Gasteiger partial charge is 0.862 e. The first-order valence-corrected chi connectivity index (χ1v) is 2.28. The van der Waals surface area contributed by atoms with Crippen molar-refractivity contribution in [3.8, 4) is 0 Å². The van der Waals surface area contributed by atoms with Crippen LogP contribution in [0.5, 0.6) is 0 Å². The molecule has 0 atom stereocenters. The quantitative estimate of drug-likeness (QED) is 0.517. The van der Waals surface area contributed by atoms with Crippen LogP contribution in [0.4, 0.5) is 5.88 Å². The topological polar surface area (TPSA) is 74.3 Å². The fraction of sp³-hybridized carbons (Fsp3) is 0.250. The summed E-state index contributed by atoms with van der Waals surface area (Å²) in [6, 6.07) is 0. The maximum absolute atomic E-state index is 10.2. The average Bonchev–Trinajstić information content (AvgIpc) is 2.15. The van der Waals surface area contributed by atoms with E-state index >= 15 is 0 Å². The first-order valence-electron chi connectivity index (χ1n) is 2.28. The van der Waals surface area contributed by atoms with E-state index in [1.165, 1.54) is 13.1 Å². The zero-order chi connectivity index (χ0) is 6.69. The fourth-order valence-electron chi connectivity index (χ4n) is 0.366. The van der Waals surface area contributed by atoms with E-state index < -0.39 is 0 Å². The Morgan fingerprint density at radius 1 is 1.80 bits per heavy atom. The number of aliphatic imine (C=N–C) groups is 1. The van der Waals surface area contributed by atoms with E-state index in [1.54, 1.807) is 0 Å². The zero-order valence-corrected chi connectivity index (χ0v) is 8.08. The Hall–Kier alpha value is -0.702. The molecular formula is C4H4N3O2W-. The molecule has 0 saturated carbocycles. The van der Waals surface area contributed by atoms with Crippen molar-refractivity contribution in [3.63, 3.8) is 0 Å². The van der Waals surface area contributed by atoms with Gasteiger partial charge in [-0.25, -0.2) is 4.99 Å². The van der Waals surface area contributed by atoms with Gasteiger partial charge in [-0.15, -0.1) is 5.10 Å². The van der Waals surface area contributed by atoms with Crippen LogP contribution in [-0.4, -0.2) is 16.3 Å². The van der Waals surface area contributed by atoms with Crippen LogP contribution >= 0.6 is 0 Å². The van der Waals surface area contributed by atoms with Gasteiger partial charge in [0.05, 0.1) is 0 Å². The van der Waals surface area contributed by atoms with Crippen molar-refractivity contribution in [1.82, 2.24) is 10.4 Å². The summed E-state index contributed by atoms with van der Waals surface area (Å²) >= 11 is 0. The molecule has 54 valence electrons. The van der Waals surface area contributed by atoms with Crippen molar-refractivity contribution in [2.75, 3.05) is 0 Å². The Bertz CT molecular complexity index is 204. The Morgan fingerprint density at radius 3 is 2.90 bits per heavy atom. The molecule has 0 radical (unpaired) electrons. The molecule has 6 heteroatoms. The van der Waals surface area contributed by atoms with Crippen LogP contribution in [-0.2, 0) is 21.1 Å². The molecule has 0 spiro atoms. The molecule has 0 aromatic carbocycles. The summed E-state index contributed by atoms with van der Waals surface area (Å²) in [5.74, 6) is -0.184. The van der Waals surface area contributed by atoms with Gasteiger partial charge >= 0.3 is 0 Å². The van der Waals surface area contributed by atoms with Crippen LogP contribution < -0.4 is 5.11 Å². The Kier molecular flexibility index (Phi) is 3.88. The number of aromatic nitrogens is 2. The minimum absolute atomic E-state index is 0. The Balaban J connectivity index is 0.000000810. The second-order valence-corrected chi connectivity index (χ2v) is 1.39. The molecule has 1 rings (SSSR count). The van der Waals surface area contributed by atoms with Crippen molar-refractivity contribution in [3.05, 3.63) is 6.20 Å². The molecule has 10 heavy (non-hydrogen) atoms. The van der Waals surface area contributed by atoms with E-state index in [2.05, 4.69) is 19.9 Å². The minimum Gasteiger partial charge on any atom is -0.862 e. The Morgan fingerprint density at radius 2 is 2.50 bits per heavy atom. The standard InChI is InChI=1S/C4H5N3O2.W/c1-3(8)6-4-2-5-7-9-4;/h2H,1H3,(H,6,8);/p-1. The van der Waals surface area contributed by atoms with Gasteiger partial charge < -0.3 is 9.63 Å². The third-order valence-electron chi connectivity index (χ3n) is 0.617. The van der Waals surface area contributed by atoms with Gasteiger partial charge in [0.2, 0.25) is 0 Å². The molecule has 0 aliphatic carbocycles. The van der Waals surface area contributed by atoms with Crippen LogP contribution in [0, 0.1) is 0 Å². The summed E-state index contributed by atoms with van der Waals surface area (Å²) in [4.78, 5) is 3.39. The predicted octanol–water partition coefficient (Wildman–Crippen LogP) is -0.523. The van der Waals surface area contributed by atoms with Gasteiger partial charge in [0.25, 0.3) is 5.88 Å². The van der Waals surface area contributed by atoms with Gasteiger partial charge in [0, 0.05) is 26.3 Å². The van der Waals surface area contributed by atoms with Crippen molar-refractivity contribution in [2.45, 2.75) is 6.92 Å². The van der Waals surface area contributed by atoms with Crippen LogP contribution in [0.1, 0.15) is 6.92 Å². The summed E-state index contributed by atoms with van der Waals surface area (Å²) in [7, 11) is 0. The molecule has 5 nitrogen and oxygen atoms in total. The van der Waals surface area contributed by atoms with Crippen LogP contribution in [0.2, 0.25) is 0 Å². The van der Waals surface area contributed by atoms with Crippen LogP contribution in [0.15, 0.2) is 15.7 Å². The predicted molar refractivity (Wildman–Crippen MR) is 27.1 cm³/mol. The first-order chi connectivity index (χ1) is 4.29.